The fraction of sp³-hybridized carbons (Fsp3) is 0.444. The van der Waals surface area contributed by atoms with Crippen LogP contribution in [0.1, 0.15) is 62.9 Å². The molecule has 1 fully saturated rings. The standard InChI is InChI=1S/C27H33N7O4/c1-27(2,3)34(26(36)38-5)19-9-7-18(8-10-19)33-16-17-13-20(23(37-4)14-21(17)31-33)25(35)30-22-15-29-32-12-6-11-28-24(22)32/h6,11-16,18-19H,7-10H2,1-5H3,(H,30,35). The summed E-state index contributed by atoms with van der Waals surface area (Å²) in [7, 11) is 2.97. The summed E-state index contributed by atoms with van der Waals surface area (Å²) in [5.41, 5.74) is 1.90. The van der Waals surface area contributed by atoms with E-state index in [2.05, 4.69) is 15.4 Å². The average molecular weight is 520 g/mol. The van der Waals surface area contributed by atoms with Gasteiger partial charge in [0, 0.05) is 41.6 Å². The van der Waals surface area contributed by atoms with Crippen molar-refractivity contribution in [2.45, 2.75) is 64.1 Å². The van der Waals surface area contributed by atoms with Crippen molar-refractivity contribution in [3.05, 3.63) is 48.5 Å². The van der Waals surface area contributed by atoms with Crippen molar-refractivity contribution in [3.8, 4) is 5.75 Å². The third-order valence-corrected chi connectivity index (χ3v) is 7.11. The lowest BCUT2D eigenvalue weighted by Gasteiger charge is -2.43. The molecule has 0 saturated heterocycles. The number of aromatic nitrogens is 5. The molecule has 0 unspecified atom stereocenters. The molecular weight excluding hydrogens is 486 g/mol. The summed E-state index contributed by atoms with van der Waals surface area (Å²) in [6.45, 7) is 6.09. The highest BCUT2D eigenvalue weighted by Crippen LogP contribution is 2.35. The molecule has 0 bridgehead atoms. The van der Waals surface area contributed by atoms with Crippen molar-refractivity contribution in [1.29, 1.82) is 0 Å². The Morgan fingerprint density at radius 1 is 1.13 bits per heavy atom. The lowest BCUT2D eigenvalue weighted by Crippen LogP contribution is -2.52. The number of methoxy groups -OCH3 is 2. The number of nitrogens with zero attached hydrogens (tertiary/aromatic N) is 6. The number of fused-ring (bicyclic) bond motifs is 2. The summed E-state index contributed by atoms with van der Waals surface area (Å²) in [4.78, 5) is 31.8. The Balaban J connectivity index is 1.35. The van der Waals surface area contributed by atoms with Gasteiger partial charge in [-0.15, -0.1) is 0 Å². The number of rotatable bonds is 5. The van der Waals surface area contributed by atoms with Crippen molar-refractivity contribution >= 4 is 34.2 Å². The predicted octanol–water partition coefficient (Wildman–Crippen LogP) is 4.69. The molecule has 11 nitrogen and oxygen atoms in total. The van der Waals surface area contributed by atoms with Gasteiger partial charge in [0.25, 0.3) is 5.91 Å². The summed E-state index contributed by atoms with van der Waals surface area (Å²) < 4.78 is 14.2. The first-order valence-electron chi connectivity index (χ1n) is 12.7. The lowest BCUT2D eigenvalue weighted by atomic mass is 9.88. The van der Waals surface area contributed by atoms with E-state index in [-0.39, 0.29) is 29.6 Å². The molecule has 11 heteroatoms. The number of nitrogens with one attached hydrogen (secondary N) is 1. The van der Waals surface area contributed by atoms with Crippen LogP contribution < -0.4 is 10.1 Å². The van der Waals surface area contributed by atoms with E-state index in [1.165, 1.54) is 14.2 Å². The van der Waals surface area contributed by atoms with E-state index in [9.17, 15) is 9.59 Å². The van der Waals surface area contributed by atoms with E-state index in [0.29, 0.717) is 22.6 Å². The SMILES string of the molecule is COC(=O)N(C1CCC(n2cc3cc(C(=O)Nc4cnn5cccnc45)c(OC)cc3n2)CC1)C(C)(C)C. The first-order valence-corrected chi connectivity index (χ1v) is 12.7. The Bertz CT molecular complexity index is 1480. The van der Waals surface area contributed by atoms with E-state index in [1.807, 2.05) is 36.5 Å². The zero-order chi connectivity index (χ0) is 27.0. The van der Waals surface area contributed by atoms with Crippen LogP contribution in [0.25, 0.3) is 16.6 Å². The molecular formula is C27H33N7O4. The minimum Gasteiger partial charge on any atom is -0.496 e. The monoisotopic (exact) mass is 519 g/mol. The van der Waals surface area contributed by atoms with Crippen LogP contribution in [0.2, 0.25) is 0 Å². The first kappa shape index (κ1) is 25.5. The quantitative estimate of drug-likeness (QED) is 0.407. The minimum absolute atomic E-state index is 0.119. The van der Waals surface area contributed by atoms with Crippen LogP contribution in [0.15, 0.2) is 43.0 Å². The molecule has 0 aliphatic heterocycles. The molecule has 4 aromatic rings. The summed E-state index contributed by atoms with van der Waals surface area (Å²) in [5, 5.41) is 12.8. The van der Waals surface area contributed by atoms with Gasteiger partial charge < -0.3 is 19.7 Å². The van der Waals surface area contributed by atoms with Crippen molar-refractivity contribution < 1.29 is 19.1 Å². The molecule has 3 aromatic heterocycles. The van der Waals surface area contributed by atoms with E-state index in [0.717, 1.165) is 36.6 Å². The molecule has 2 amide bonds. The highest BCUT2D eigenvalue weighted by molar-refractivity contribution is 6.09. The number of carbonyl (C=O) groups is 2. The van der Waals surface area contributed by atoms with Gasteiger partial charge in [0.2, 0.25) is 0 Å². The zero-order valence-corrected chi connectivity index (χ0v) is 22.3. The summed E-state index contributed by atoms with van der Waals surface area (Å²) in [6, 6.07) is 5.68. The second kappa shape index (κ2) is 9.96. The topological polar surface area (TPSA) is 116 Å². The van der Waals surface area contributed by atoms with Gasteiger partial charge in [0.05, 0.1) is 37.5 Å². The van der Waals surface area contributed by atoms with Crippen LogP contribution >= 0.6 is 0 Å². The summed E-state index contributed by atoms with van der Waals surface area (Å²) in [5.74, 6) is 0.120. The molecule has 38 heavy (non-hydrogen) atoms. The Hall–Kier alpha value is -4.15. The third-order valence-electron chi connectivity index (χ3n) is 7.11. The van der Waals surface area contributed by atoms with Crippen LogP contribution in [0.4, 0.5) is 10.5 Å². The lowest BCUT2D eigenvalue weighted by molar-refractivity contribution is 0.0396. The highest BCUT2D eigenvalue weighted by atomic mass is 16.5. The van der Waals surface area contributed by atoms with Crippen molar-refractivity contribution in [1.82, 2.24) is 29.3 Å². The largest absolute Gasteiger partial charge is 0.496 e. The molecule has 0 radical (unpaired) electrons. The van der Waals surface area contributed by atoms with Crippen molar-refractivity contribution in [2.24, 2.45) is 0 Å². The van der Waals surface area contributed by atoms with Crippen LogP contribution in [-0.2, 0) is 4.74 Å². The van der Waals surface area contributed by atoms with Crippen molar-refractivity contribution in [2.75, 3.05) is 19.5 Å². The second-order valence-corrected chi connectivity index (χ2v) is 10.6. The van der Waals surface area contributed by atoms with Gasteiger partial charge in [-0.05, 0) is 58.6 Å². The predicted molar refractivity (Wildman–Crippen MR) is 143 cm³/mol. The average Bonchev–Trinajstić information content (AvgIpc) is 3.51. The molecule has 5 rings (SSSR count). The number of benzene rings is 1. The van der Waals surface area contributed by atoms with Gasteiger partial charge in [-0.25, -0.2) is 14.3 Å². The van der Waals surface area contributed by atoms with Gasteiger partial charge in [-0.2, -0.15) is 10.2 Å². The normalized spacial score (nSPS) is 17.9. The van der Waals surface area contributed by atoms with E-state index in [1.54, 1.807) is 41.3 Å². The zero-order valence-electron chi connectivity index (χ0n) is 22.3. The second-order valence-electron chi connectivity index (χ2n) is 10.6. The molecule has 1 N–H and O–H groups in total. The third kappa shape index (κ3) is 4.75. The molecule has 0 spiro atoms. The molecule has 1 aromatic carbocycles. The number of ether oxygens (including phenoxy) is 2. The fourth-order valence-electron chi connectivity index (χ4n) is 5.36. The minimum atomic E-state index is -0.321. The Morgan fingerprint density at radius 3 is 2.58 bits per heavy atom. The van der Waals surface area contributed by atoms with E-state index >= 15 is 0 Å². The van der Waals surface area contributed by atoms with Gasteiger partial charge >= 0.3 is 6.09 Å². The van der Waals surface area contributed by atoms with Gasteiger partial charge in [0.15, 0.2) is 5.65 Å². The number of carbonyl (C=O) groups excluding carboxylic acids is 2. The van der Waals surface area contributed by atoms with Crippen LogP contribution in [0, 0.1) is 0 Å². The van der Waals surface area contributed by atoms with Gasteiger partial charge in [-0.1, -0.05) is 0 Å². The van der Waals surface area contributed by atoms with E-state index < -0.39 is 0 Å². The molecule has 1 saturated carbocycles. The highest BCUT2D eigenvalue weighted by Gasteiger charge is 2.36. The first-order chi connectivity index (χ1) is 18.2. The van der Waals surface area contributed by atoms with Crippen LogP contribution in [0.5, 0.6) is 5.75 Å². The Kier molecular flexibility index (Phi) is 6.68. The molecule has 1 aliphatic carbocycles. The van der Waals surface area contributed by atoms with E-state index in [4.69, 9.17) is 14.6 Å². The molecule has 0 atom stereocenters. The van der Waals surface area contributed by atoms with Crippen LogP contribution in [0.3, 0.4) is 0 Å². The number of hydrogen-bond donors (Lipinski definition) is 1. The fourth-order valence-corrected chi connectivity index (χ4v) is 5.36. The number of amides is 2. The molecule has 200 valence electrons. The molecule has 3 heterocycles. The smallest absolute Gasteiger partial charge is 0.410 e. The number of anilines is 1. The van der Waals surface area contributed by atoms with Gasteiger partial charge in [0.1, 0.15) is 11.4 Å². The number of hydrogen-bond acceptors (Lipinski definition) is 7. The summed E-state index contributed by atoms with van der Waals surface area (Å²) in [6.07, 6.45) is 10.2. The summed E-state index contributed by atoms with van der Waals surface area (Å²) >= 11 is 0. The maximum atomic E-state index is 13.2. The Morgan fingerprint density at radius 2 is 1.89 bits per heavy atom. The van der Waals surface area contributed by atoms with Crippen molar-refractivity contribution in [3.63, 3.8) is 0 Å². The van der Waals surface area contributed by atoms with Gasteiger partial charge in [-0.3, -0.25) is 9.48 Å². The Labute approximate surface area is 220 Å². The maximum absolute atomic E-state index is 13.2. The van der Waals surface area contributed by atoms with Crippen LogP contribution in [-0.4, -0.2) is 67.1 Å². The molecule has 1 aliphatic rings. The maximum Gasteiger partial charge on any atom is 0.410 e.